The molecule has 2 heterocycles. The van der Waals surface area contributed by atoms with Crippen molar-refractivity contribution in [2.45, 2.75) is 6.42 Å². The molecule has 6 heteroatoms. The molecule has 1 aliphatic heterocycles. The number of hydrogen-bond donors (Lipinski definition) is 2. The van der Waals surface area contributed by atoms with Gasteiger partial charge in [0, 0.05) is 18.5 Å². The topological polar surface area (TPSA) is 80.6 Å². The monoisotopic (exact) mass is 374 g/mol. The number of carbonyl (C=O) groups is 2. The van der Waals surface area contributed by atoms with Crippen LogP contribution in [0.2, 0.25) is 0 Å². The number of nitrogens with one attached hydrogen (secondary N) is 2. The van der Waals surface area contributed by atoms with Crippen molar-refractivity contribution in [1.82, 2.24) is 5.32 Å². The maximum Gasteiger partial charge on any atom is 0.291 e. The highest BCUT2D eigenvalue weighted by Gasteiger charge is 2.23. The fraction of sp³-hybridized carbons (Fsp3) is 0.0909. The molecule has 2 amide bonds. The van der Waals surface area contributed by atoms with Gasteiger partial charge in [0.1, 0.15) is 5.76 Å². The van der Waals surface area contributed by atoms with Gasteiger partial charge in [-0.2, -0.15) is 0 Å². The molecule has 0 bridgehead atoms. The molecular formula is C22H18N2O4. The lowest BCUT2D eigenvalue weighted by molar-refractivity contribution is -0.115. The summed E-state index contributed by atoms with van der Waals surface area (Å²) in [6.45, 7) is 0.455. The summed E-state index contributed by atoms with van der Waals surface area (Å²) >= 11 is 0. The average molecular weight is 374 g/mol. The van der Waals surface area contributed by atoms with Crippen molar-refractivity contribution in [2.75, 3.05) is 11.9 Å². The van der Waals surface area contributed by atoms with Gasteiger partial charge in [0.25, 0.3) is 11.8 Å². The Morgan fingerprint density at radius 1 is 1.07 bits per heavy atom. The highest BCUT2D eigenvalue weighted by molar-refractivity contribution is 6.09. The van der Waals surface area contributed by atoms with E-state index >= 15 is 0 Å². The summed E-state index contributed by atoms with van der Waals surface area (Å²) in [6, 6.07) is 18.1. The van der Waals surface area contributed by atoms with Gasteiger partial charge in [0.15, 0.2) is 11.5 Å². The van der Waals surface area contributed by atoms with Gasteiger partial charge in [0.05, 0.1) is 12.0 Å². The summed E-state index contributed by atoms with van der Waals surface area (Å²) in [5, 5.41) is 5.61. The average Bonchev–Trinajstić information content (AvgIpc) is 3.22. The summed E-state index contributed by atoms with van der Waals surface area (Å²) in [4.78, 5) is 24.7. The first-order valence-electron chi connectivity index (χ1n) is 8.89. The van der Waals surface area contributed by atoms with Crippen LogP contribution in [0.5, 0.6) is 5.75 Å². The molecule has 0 fully saturated rings. The van der Waals surface area contributed by atoms with E-state index in [1.807, 2.05) is 42.5 Å². The Morgan fingerprint density at radius 2 is 1.93 bits per heavy atom. The van der Waals surface area contributed by atoms with Crippen molar-refractivity contribution >= 4 is 23.6 Å². The van der Waals surface area contributed by atoms with Crippen molar-refractivity contribution in [2.24, 2.45) is 0 Å². The lowest BCUT2D eigenvalue weighted by Gasteiger charge is -2.20. The van der Waals surface area contributed by atoms with E-state index in [9.17, 15) is 9.59 Å². The molecule has 0 saturated carbocycles. The van der Waals surface area contributed by atoms with E-state index in [1.54, 1.807) is 30.5 Å². The summed E-state index contributed by atoms with van der Waals surface area (Å²) < 4.78 is 11.0. The predicted octanol–water partition coefficient (Wildman–Crippen LogP) is 3.62. The van der Waals surface area contributed by atoms with Gasteiger partial charge in [-0.15, -0.1) is 0 Å². The SMILES string of the molecule is O=C1Nc2cc(C(=O)NCCc3ccco3)ccc2O/C1=C\c1ccccc1. The molecule has 0 spiro atoms. The fourth-order valence-corrected chi connectivity index (χ4v) is 2.86. The van der Waals surface area contributed by atoms with Crippen LogP contribution < -0.4 is 15.4 Å². The number of rotatable bonds is 5. The van der Waals surface area contributed by atoms with Gasteiger partial charge in [-0.3, -0.25) is 9.59 Å². The number of benzene rings is 2. The third-order valence-electron chi connectivity index (χ3n) is 4.27. The standard InChI is InChI=1S/C22H18N2O4/c25-21(23-11-10-17-7-4-12-27-17)16-8-9-19-18(14-16)24-22(26)20(28-19)13-15-5-2-1-3-6-15/h1-9,12-14H,10-11H2,(H,23,25)(H,24,26)/b20-13-. The molecule has 1 aliphatic rings. The van der Waals surface area contributed by atoms with Crippen LogP contribution in [0.4, 0.5) is 5.69 Å². The fourth-order valence-electron chi connectivity index (χ4n) is 2.86. The van der Waals surface area contributed by atoms with Crippen LogP contribution in [0, 0.1) is 0 Å². The maximum absolute atomic E-state index is 12.3. The van der Waals surface area contributed by atoms with Crippen LogP contribution >= 0.6 is 0 Å². The van der Waals surface area contributed by atoms with Crippen molar-refractivity contribution in [1.29, 1.82) is 0 Å². The van der Waals surface area contributed by atoms with Crippen molar-refractivity contribution in [3.05, 3.63) is 89.6 Å². The molecule has 2 aromatic carbocycles. The molecule has 3 aromatic rings. The number of anilines is 1. The largest absolute Gasteiger partial charge is 0.469 e. The maximum atomic E-state index is 12.3. The Labute approximate surface area is 161 Å². The number of hydrogen-bond acceptors (Lipinski definition) is 4. The Kier molecular flexibility index (Phi) is 4.93. The van der Waals surface area contributed by atoms with E-state index in [2.05, 4.69) is 10.6 Å². The molecule has 0 unspecified atom stereocenters. The van der Waals surface area contributed by atoms with Gasteiger partial charge in [-0.25, -0.2) is 0 Å². The predicted molar refractivity (Wildman–Crippen MR) is 105 cm³/mol. The first-order valence-corrected chi connectivity index (χ1v) is 8.89. The lowest BCUT2D eigenvalue weighted by atomic mass is 10.1. The van der Waals surface area contributed by atoms with Gasteiger partial charge in [-0.05, 0) is 42.0 Å². The van der Waals surface area contributed by atoms with E-state index in [-0.39, 0.29) is 17.6 Å². The minimum Gasteiger partial charge on any atom is -0.469 e. The third kappa shape index (κ3) is 3.96. The van der Waals surface area contributed by atoms with Crippen LogP contribution in [0.25, 0.3) is 6.08 Å². The second kappa shape index (κ2) is 7.84. The van der Waals surface area contributed by atoms with E-state index < -0.39 is 0 Å². The van der Waals surface area contributed by atoms with Gasteiger partial charge in [-0.1, -0.05) is 30.3 Å². The van der Waals surface area contributed by atoms with E-state index in [0.717, 1.165) is 11.3 Å². The number of furan rings is 1. The van der Waals surface area contributed by atoms with E-state index in [0.29, 0.717) is 30.0 Å². The molecule has 140 valence electrons. The Hall–Kier alpha value is -3.80. The zero-order chi connectivity index (χ0) is 19.3. The molecule has 1 aromatic heterocycles. The Bertz CT molecular complexity index is 1020. The number of carbonyl (C=O) groups excluding carboxylic acids is 2. The van der Waals surface area contributed by atoms with Crippen molar-refractivity contribution in [3.8, 4) is 5.75 Å². The lowest BCUT2D eigenvalue weighted by Crippen LogP contribution is -2.27. The molecular weight excluding hydrogens is 356 g/mol. The minimum atomic E-state index is -0.355. The van der Waals surface area contributed by atoms with Crippen LogP contribution in [0.15, 0.2) is 77.1 Å². The van der Waals surface area contributed by atoms with Crippen molar-refractivity contribution < 1.29 is 18.7 Å². The highest BCUT2D eigenvalue weighted by atomic mass is 16.5. The van der Waals surface area contributed by atoms with Crippen LogP contribution in [-0.2, 0) is 11.2 Å². The summed E-state index contributed by atoms with van der Waals surface area (Å²) in [5.74, 6) is 0.924. The smallest absolute Gasteiger partial charge is 0.291 e. The molecule has 6 nitrogen and oxygen atoms in total. The number of amides is 2. The zero-order valence-corrected chi connectivity index (χ0v) is 15.0. The van der Waals surface area contributed by atoms with Gasteiger partial charge >= 0.3 is 0 Å². The van der Waals surface area contributed by atoms with Crippen LogP contribution in [0.3, 0.4) is 0 Å². The first-order chi connectivity index (χ1) is 13.7. The molecule has 0 aliphatic carbocycles. The number of fused-ring (bicyclic) bond motifs is 1. The van der Waals surface area contributed by atoms with Gasteiger partial charge < -0.3 is 19.8 Å². The van der Waals surface area contributed by atoms with E-state index in [4.69, 9.17) is 9.15 Å². The van der Waals surface area contributed by atoms with Crippen LogP contribution in [-0.4, -0.2) is 18.4 Å². The normalized spacial score (nSPS) is 14.1. The summed E-state index contributed by atoms with van der Waals surface area (Å²) in [6.07, 6.45) is 3.88. The second-order valence-corrected chi connectivity index (χ2v) is 6.27. The zero-order valence-electron chi connectivity index (χ0n) is 15.0. The number of ether oxygens (including phenoxy) is 1. The molecule has 0 radical (unpaired) electrons. The first kappa shape index (κ1) is 17.6. The Balaban J connectivity index is 1.44. The second-order valence-electron chi connectivity index (χ2n) is 6.27. The molecule has 0 saturated heterocycles. The minimum absolute atomic E-state index is 0.203. The third-order valence-corrected chi connectivity index (χ3v) is 4.27. The summed E-state index contributed by atoms with van der Waals surface area (Å²) in [5.41, 5.74) is 1.77. The Morgan fingerprint density at radius 3 is 2.71 bits per heavy atom. The molecule has 0 atom stereocenters. The van der Waals surface area contributed by atoms with Crippen molar-refractivity contribution in [3.63, 3.8) is 0 Å². The molecule has 4 rings (SSSR count). The molecule has 2 N–H and O–H groups in total. The quantitative estimate of drug-likeness (QED) is 0.669. The van der Waals surface area contributed by atoms with Gasteiger partial charge in [0.2, 0.25) is 0 Å². The van der Waals surface area contributed by atoms with Crippen LogP contribution in [0.1, 0.15) is 21.7 Å². The highest BCUT2D eigenvalue weighted by Crippen LogP contribution is 2.32. The molecule has 28 heavy (non-hydrogen) atoms. The summed E-state index contributed by atoms with van der Waals surface area (Å²) in [7, 11) is 0. The van der Waals surface area contributed by atoms with E-state index in [1.165, 1.54) is 0 Å².